The van der Waals surface area contributed by atoms with Crippen LogP contribution in [0.5, 0.6) is 5.75 Å². The van der Waals surface area contributed by atoms with E-state index in [4.69, 9.17) is 9.47 Å². The second kappa shape index (κ2) is 11.2. The molecule has 0 bridgehead atoms. The number of aryl methyl sites for hydroxylation is 2. The molecule has 5 rings (SSSR count). The van der Waals surface area contributed by atoms with Crippen LogP contribution in [-0.2, 0) is 14.8 Å². The number of benzene rings is 3. The van der Waals surface area contributed by atoms with Crippen LogP contribution in [0.25, 0.3) is 11.1 Å². The van der Waals surface area contributed by atoms with Gasteiger partial charge in [0.15, 0.2) is 0 Å². The van der Waals surface area contributed by atoms with Gasteiger partial charge in [-0.05, 0) is 79.3 Å². The van der Waals surface area contributed by atoms with Crippen molar-refractivity contribution in [1.29, 1.82) is 0 Å². The number of ether oxygens (including phenoxy) is 2. The minimum Gasteiger partial charge on any atom is -0.497 e. The molecule has 0 aliphatic carbocycles. The fraction of sp³-hybridized carbons (Fsp3) is 0.419. The molecule has 0 spiro atoms. The van der Waals surface area contributed by atoms with Crippen molar-refractivity contribution in [3.63, 3.8) is 0 Å². The van der Waals surface area contributed by atoms with E-state index in [-0.39, 0.29) is 18.0 Å². The number of sulfonamides is 1. The van der Waals surface area contributed by atoms with Crippen molar-refractivity contribution in [2.75, 3.05) is 40.5 Å². The summed E-state index contributed by atoms with van der Waals surface area (Å²) in [6.07, 6.45) is 1.83. The van der Waals surface area contributed by atoms with Gasteiger partial charge in [-0.3, -0.25) is 4.90 Å². The Labute approximate surface area is 227 Å². The van der Waals surface area contributed by atoms with Gasteiger partial charge in [0.1, 0.15) is 5.75 Å². The third-order valence-electron chi connectivity index (χ3n) is 8.23. The van der Waals surface area contributed by atoms with Crippen molar-refractivity contribution in [3.05, 3.63) is 83.4 Å². The Morgan fingerprint density at radius 2 is 1.63 bits per heavy atom. The highest BCUT2D eigenvalue weighted by Crippen LogP contribution is 2.43. The molecule has 1 unspecified atom stereocenters. The summed E-state index contributed by atoms with van der Waals surface area (Å²) in [5.41, 5.74) is 5.54. The van der Waals surface area contributed by atoms with E-state index in [1.54, 1.807) is 24.6 Å². The van der Waals surface area contributed by atoms with Gasteiger partial charge < -0.3 is 9.47 Å². The van der Waals surface area contributed by atoms with E-state index >= 15 is 0 Å². The lowest BCUT2D eigenvalue weighted by Gasteiger charge is -2.57. The fourth-order valence-electron chi connectivity index (χ4n) is 6.24. The normalized spacial score (nSPS) is 22.7. The Morgan fingerprint density at radius 1 is 0.895 bits per heavy atom. The summed E-state index contributed by atoms with van der Waals surface area (Å²) in [7, 11) is -0.144. The van der Waals surface area contributed by atoms with Gasteiger partial charge >= 0.3 is 0 Å². The van der Waals surface area contributed by atoms with Crippen LogP contribution in [0, 0.1) is 13.8 Å². The zero-order valence-electron chi connectivity index (χ0n) is 22.8. The van der Waals surface area contributed by atoms with Crippen LogP contribution in [-0.4, -0.2) is 70.2 Å². The average Bonchev–Trinajstić information content (AvgIpc) is 2.90. The maximum absolute atomic E-state index is 13.8. The van der Waals surface area contributed by atoms with Gasteiger partial charge in [-0.15, -0.1) is 0 Å². The van der Waals surface area contributed by atoms with Gasteiger partial charge in [-0.2, -0.15) is 4.31 Å². The molecular weight excluding hydrogens is 496 g/mol. The molecule has 3 aromatic carbocycles. The minimum atomic E-state index is -3.58. The SMILES string of the molecule is COCC1[C@@H](c2ccc(-c3ccc(OC)cc3C)cc2)[C@@H]2CN(S(=O)(=O)c3ccccc3C)CCCCN12. The summed E-state index contributed by atoms with van der Waals surface area (Å²) >= 11 is 0. The second-order valence-electron chi connectivity index (χ2n) is 10.5. The van der Waals surface area contributed by atoms with E-state index in [2.05, 4.69) is 48.2 Å². The highest BCUT2D eigenvalue weighted by Gasteiger charge is 2.50. The standard InChI is InChI=1S/C31H38N2O4S/c1-22-9-5-6-10-30(22)38(34,35)32-17-7-8-18-33-28(20-32)31(29(33)21-36-3)25-13-11-24(12-14-25)27-16-15-26(37-4)19-23(27)2/h5-6,9-16,19,28-29,31H,7-8,17-18,20-21H2,1-4H3/t28-,29?,31-/m0/s1. The molecule has 202 valence electrons. The van der Waals surface area contributed by atoms with Crippen LogP contribution in [0.4, 0.5) is 0 Å². The molecule has 2 heterocycles. The van der Waals surface area contributed by atoms with E-state index in [0.29, 0.717) is 24.6 Å². The quantitative estimate of drug-likeness (QED) is 0.415. The first-order valence-corrected chi connectivity index (χ1v) is 14.8. The van der Waals surface area contributed by atoms with Crippen LogP contribution in [0.1, 0.15) is 35.4 Å². The molecule has 2 aliphatic heterocycles. The molecule has 38 heavy (non-hydrogen) atoms. The van der Waals surface area contributed by atoms with Crippen LogP contribution in [0.2, 0.25) is 0 Å². The van der Waals surface area contributed by atoms with E-state index < -0.39 is 10.0 Å². The summed E-state index contributed by atoms with van der Waals surface area (Å²) < 4.78 is 40.2. The maximum atomic E-state index is 13.8. The smallest absolute Gasteiger partial charge is 0.243 e. The molecule has 0 aromatic heterocycles. The zero-order chi connectivity index (χ0) is 26.9. The topological polar surface area (TPSA) is 59.1 Å². The minimum absolute atomic E-state index is 0.114. The first-order chi connectivity index (χ1) is 18.3. The van der Waals surface area contributed by atoms with Gasteiger partial charge in [-0.1, -0.05) is 48.5 Å². The lowest BCUT2D eigenvalue weighted by molar-refractivity contribution is -0.0635. The van der Waals surface area contributed by atoms with Crippen molar-refractivity contribution in [3.8, 4) is 16.9 Å². The van der Waals surface area contributed by atoms with Crippen LogP contribution in [0.3, 0.4) is 0 Å². The summed E-state index contributed by atoms with van der Waals surface area (Å²) in [4.78, 5) is 2.88. The van der Waals surface area contributed by atoms with E-state index in [0.717, 1.165) is 36.3 Å². The molecule has 0 radical (unpaired) electrons. The van der Waals surface area contributed by atoms with Gasteiger partial charge in [0, 0.05) is 38.2 Å². The molecular formula is C31H38N2O4S. The molecule has 0 N–H and O–H groups in total. The highest BCUT2D eigenvalue weighted by molar-refractivity contribution is 7.89. The van der Waals surface area contributed by atoms with E-state index in [1.165, 1.54) is 16.7 Å². The van der Waals surface area contributed by atoms with Crippen molar-refractivity contribution < 1.29 is 17.9 Å². The molecule has 3 atom stereocenters. The average molecular weight is 535 g/mol. The van der Waals surface area contributed by atoms with E-state index in [9.17, 15) is 8.42 Å². The van der Waals surface area contributed by atoms with Crippen LogP contribution < -0.4 is 4.74 Å². The third kappa shape index (κ3) is 5.00. The Bertz CT molecular complexity index is 1370. The summed E-state index contributed by atoms with van der Waals surface area (Å²) in [6.45, 7) is 6.61. The van der Waals surface area contributed by atoms with Gasteiger partial charge in [0.25, 0.3) is 0 Å². The zero-order valence-corrected chi connectivity index (χ0v) is 23.6. The lowest BCUT2D eigenvalue weighted by Crippen LogP contribution is -2.68. The largest absolute Gasteiger partial charge is 0.497 e. The summed E-state index contributed by atoms with van der Waals surface area (Å²) in [6, 6.07) is 22.6. The number of hydrogen-bond donors (Lipinski definition) is 0. The fourth-order valence-corrected chi connectivity index (χ4v) is 7.96. The molecule has 0 amide bonds. The number of methoxy groups -OCH3 is 2. The molecule has 0 saturated carbocycles. The molecule has 2 saturated heterocycles. The van der Waals surface area contributed by atoms with Crippen LogP contribution in [0.15, 0.2) is 71.6 Å². The predicted molar refractivity (Wildman–Crippen MR) is 151 cm³/mol. The van der Waals surface area contributed by atoms with E-state index in [1.807, 2.05) is 31.2 Å². The first-order valence-electron chi connectivity index (χ1n) is 13.4. The summed E-state index contributed by atoms with van der Waals surface area (Å²) in [5, 5.41) is 0. The summed E-state index contributed by atoms with van der Waals surface area (Å²) in [5.74, 6) is 1.06. The van der Waals surface area contributed by atoms with Crippen molar-refractivity contribution >= 4 is 10.0 Å². The molecule has 2 fully saturated rings. The molecule has 6 nitrogen and oxygen atoms in total. The second-order valence-corrected chi connectivity index (χ2v) is 12.4. The predicted octanol–water partition coefficient (Wildman–Crippen LogP) is 5.25. The van der Waals surface area contributed by atoms with Crippen molar-refractivity contribution in [2.24, 2.45) is 0 Å². The van der Waals surface area contributed by atoms with Crippen molar-refractivity contribution in [2.45, 2.75) is 49.6 Å². The Balaban J connectivity index is 1.44. The van der Waals surface area contributed by atoms with Gasteiger partial charge in [0.05, 0.1) is 18.6 Å². The first kappa shape index (κ1) is 26.9. The Kier molecular flexibility index (Phi) is 7.91. The highest BCUT2D eigenvalue weighted by atomic mass is 32.2. The molecule has 3 aromatic rings. The number of nitrogens with zero attached hydrogens (tertiary/aromatic N) is 2. The molecule has 7 heteroatoms. The monoisotopic (exact) mass is 534 g/mol. The van der Waals surface area contributed by atoms with Crippen LogP contribution >= 0.6 is 0 Å². The van der Waals surface area contributed by atoms with Crippen molar-refractivity contribution in [1.82, 2.24) is 9.21 Å². The van der Waals surface area contributed by atoms with Gasteiger partial charge in [-0.25, -0.2) is 8.42 Å². The number of fused-ring (bicyclic) bond motifs is 1. The lowest BCUT2D eigenvalue weighted by atomic mass is 9.74. The number of rotatable bonds is 7. The Hall–Kier alpha value is -2.71. The molecule has 2 aliphatic rings. The maximum Gasteiger partial charge on any atom is 0.243 e. The third-order valence-corrected chi connectivity index (χ3v) is 10.3. The van der Waals surface area contributed by atoms with Gasteiger partial charge in [0.2, 0.25) is 10.0 Å². The number of hydrogen-bond acceptors (Lipinski definition) is 5. The Morgan fingerprint density at radius 3 is 2.32 bits per heavy atom.